The van der Waals surface area contributed by atoms with E-state index in [1.165, 1.54) is 26.4 Å². The quantitative estimate of drug-likeness (QED) is 0.775. The summed E-state index contributed by atoms with van der Waals surface area (Å²) in [4.78, 5) is 0. The van der Waals surface area contributed by atoms with E-state index in [-0.39, 0.29) is 12.4 Å². The molecule has 0 saturated heterocycles. The summed E-state index contributed by atoms with van der Waals surface area (Å²) in [5.41, 5.74) is 0. The normalized spacial score (nSPS) is 10.7. The van der Waals surface area contributed by atoms with Crippen LogP contribution in [0.1, 0.15) is 0 Å². The van der Waals surface area contributed by atoms with Gasteiger partial charge in [-0.2, -0.15) is 0 Å². The van der Waals surface area contributed by atoms with Gasteiger partial charge in [-0.15, -0.1) is 0 Å². The van der Waals surface area contributed by atoms with Crippen LogP contribution in [0.3, 0.4) is 0 Å². The largest absolute Gasteiger partial charge is 0.487 e. The van der Waals surface area contributed by atoms with Gasteiger partial charge in [0.1, 0.15) is 18.2 Å². The molecule has 0 saturated carbocycles. The van der Waals surface area contributed by atoms with Crippen molar-refractivity contribution in [3.05, 3.63) is 28.5 Å². The van der Waals surface area contributed by atoms with E-state index in [1.807, 2.05) is 0 Å². The molecule has 0 unspecified atom stereocenters. The minimum absolute atomic E-state index is 0.203. The topological polar surface area (TPSA) is 27.7 Å². The first-order chi connectivity index (χ1) is 7.17. The van der Waals surface area contributed by atoms with Crippen LogP contribution in [-0.2, 0) is 9.47 Å². The Morgan fingerprint density at radius 3 is 2.60 bits per heavy atom. The van der Waals surface area contributed by atoms with Crippen LogP contribution in [0.2, 0.25) is 0 Å². The van der Waals surface area contributed by atoms with E-state index < -0.39 is 6.29 Å². The van der Waals surface area contributed by atoms with Gasteiger partial charge in [-0.05, 0) is 28.1 Å². The number of benzene rings is 1. The van der Waals surface area contributed by atoms with Crippen molar-refractivity contribution in [3.8, 4) is 5.75 Å². The van der Waals surface area contributed by atoms with Gasteiger partial charge in [-0.1, -0.05) is 0 Å². The van der Waals surface area contributed by atoms with Crippen LogP contribution in [-0.4, -0.2) is 27.1 Å². The van der Waals surface area contributed by atoms with Crippen LogP contribution in [0.25, 0.3) is 0 Å². The van der Waals surface area contributed by atoms with E-state index >= 15 is 0 Å². The van der Waals surface area contributed by atoms with Crippen molar-refractivity contribution in [2.24, 2.45) is 0 Å². The number of hydrogen-bond acceptors (Lipinski definition) is 3. The molecule has 0 N–H and O–H groups in total. The van der Waals surface area contributed by atoms with E-state index in [1.54, 1.807) is 6.07 Å². The summed E-state index contributed by atoms with van der Waals surface area (Å²) in [7, 11) is 3.02. The van der Waals surface area contributed by atoms with E-state index in [9.17, 15) is 4.39 Å². The summed E-state index contributed by atoms with van der Waals surface area (Å²) >= 11 is 3.25. The molecule has 0 aromatic heterocycles. The number of hydrogen-bond donors (Lipinski definition) is 0. The Morgan fingerprint density at radius 1 is 1.33 bits per heavy atom. The fourth-order valence-electron chi connectivity index (χ4n) is 0.978. The molecule has 0 atom stereocenters. The maximum absolute atomic E-state index is 12.9. The predicted octanol–water partition coefficient (Wildman–Crippen LogP) is 2.59. The van der Waals surface area contributed by atoms with Crippen LogP contribution in [0.4, 0.5) is 4.39 Å². The monoisotopic (exact) mass is 278 g/mol. The Hall–Kier alpha value is -0.650. The smallest absolute Gasteiger partial charge is 0.191 e. The third-order valence-corrected chi connectivity index (χ3v) is 2.45. The Morgan fingerprint density at radius 2 is 2.00 bits per heavy atom. The molecule has 5 heteroatoms. The highest BCUT2D eigenvalue weighted by Gasteiger charge is 2.08. The van der Waals surface area contributed by atoms with Gasteiger partial charge in [0.2, 0.25) is 0 Å². The molecule has 0 heterocycles. The van der Waals surface area contributed by atoms with Crippen molar-refractivity contribution < 1.29 is 18.6 Å². The molecule has 1 aromatic rings. The zero-order chi connectivity index (χ0) is 11.3. The second-order valence-electron chi connectivity index (χ2n) is 2.79. The Balaban J connectivity index is 2.60. The number of halogens is 2. The summed E-state index contributed by atoms with van der Waals surface area (Å²) in [6.07, 6.45) is -0.458. The third-order valence-electron chi connectivity index (χ3n) is 1.79. The molecule has 1 rings (SSSR count). The van der Waals surface area contributed by atoms with Crippen molar-refractivity contribution in [2.75, 3.05) is 20.8 Å². The van der Waals surface area contributed by atoms with Gasteiger partial charge in [0.15, 0.2) is 6.29 Å². The lowest BCUT2D eigenvalue weighted by molar-refractivity contribution is -0.122. The molecule has 0 radical (unpaired) electrons. The minimum atomic E-state index is -0.458. The molecule has 0 spiro atoms. The molecule has 0 amide bonds. The van der Waals surface area contributed by atoms with Gasteiger partial charge in [-0.25, -0.2) is 4.39 Å². The van der Waals surface area contributed by atoms with Crippen LogP contribution in [0, 0.1) is 5.82 Å². The highest BCUT2D eigenvalue weighted by molar-refractivity contribution is 9.10. The number of ether oxygens (including phenoxy) is 3. The molecule has 84 valence electrons. The maximum atomic E-state index is 12.9. The molecule has 1 aromatic carbocycles. The van der Waals surface area contributed by atoms with Crippen molar-refractivity contribution >= 4 is 15.9 Å². The van der Waals surface area contributed by atoms with Crippen LogP contribution in [0.5, 0.6) is 5.75 Å². The van der Waals surface area contributed by atoms with E-state index in [2.05, 4.69) is 15.9 Å². The Kier molecular flexibility index (Phi) is 5.01. The summed E-state index contributed by atoms with van der Waals surface area (Å²) in [5, 5.41) is 0. The highest BCUT2D eigenvalue weighted by Crippen LogP contribution is 2.25. The lowest BCUT2D eigenvalue weighted by Crippen LogP contribution is -2.22. The van der Waals surface area contributed by atoms with Crippen molar-refractivity contribution in [1.82, 2.24) is 0 Å². The molecule has 15 heavy (non-hydrogen) atoms. The van der Waals surface area contributed by atoms with Crippen molar-refractivity contribution in [3.63, 3.8) is 0 Å². The lowest BCUT2D eigenvalue weighted by atomic mass is 10.3. The fraction of sp³-hybridized carbons (Fsp3) is 0.400. The van der Waals surface area contributed by atoms with E-state index in [4.69, 9.17) is 14.2 Å². The van der Waals surface area contributed by atoms with Gasteiger partial charge >= 0.3 is 0 Å². The molecular formula is C10H12BrFO3. The average Bonchev–Trinajstić information content (AvgIpc) is 2.24. The third kappa shape index (κ3) is 3.77. The zero-order valence-electron chi connectivity index (χ0n) is 8.50. The van der Waals surface area contributed by atoms with Crippen LogP contribution < -0.4 is 4.74 Å². The Labute approximate surface area is 96.3 Å². The summed E-state index contributed by atoms with van der Waals surface area (Å²) < 4.78 is 28.8. The lowest BCUT2D eigenvalue weighted by Gasteiger charge is -2.15. The van der Waals surface area contributed by atoms with E-state index in [0.717, 1.165) is 0 Å². The summed E-state index contributed by atoms with van der Waals surface area (Å²) in [6.45, 7) is 0.203. The standard InChI is InChI=1S/C10H12BrFO3/c1-13-10(14-2)6-15-9-5-7(12)3-4-8(9)11/h3-5,10H,6H2,1-2H3. The second kappa shape index (κ2) is 6.05. The molecule has 3 nitrogen and oxygen atoms in total. The fourth-order valence-corrected chi connectivity index (χ4v) is 1.34. The predicted molar refractivity (Wildman–Crippen MR) is 57.4 cm³/mol. The molecule has 0 aliphatic rings. The second-order valence-corrected chi connectivity index (χ2v) is 3.64. The van der Waals surface area contributed by atoms with Gasteiger partial charge in [0.05, 0.1) is 4.47 Å². The number of methoxy groups -OCH3 is 2. The minimum Gasteiger partial charge on any atom is -0.487 e. The maximum Gasteiger partial charge on any atom is 0.191 e. The van der Waals surface area contributed by atoms with Gasteiger partial charge in [-0.3, -0.25) is 0 Å². The van der Waals surface area contributed by atoms with Crippen LogP contribution >= 0.6 is 15.9 Å². The highest BCUT2D eigenvalue weighted by atomic mass is 79.9. The van der Waals surface area contributed by atoms with Crippen LogP contribution in [0.15, 0.2) is 22.7 Å². The molecule has 0 bridgehead atoms. The zero-order valence-corrected chi connectivity index (χ0v) is 10.1. The average molecular weight is 279 g/mol. The molecule has 0 fully saturated rings. The summed E-state index contributed by atoms with van der Waals surface area (Å²) in [5.74, 6) is 0.0775. The van der Waals surface area contributed by atoms with Gasteiger partial charge < -0.3 is 14.2 Å². The molecule has 0 aliphatic carbocycles. The molecule has 0 aliphatic heterocycles. The van der Waals surface area contributed by atoms with Gasteiger partial charge in [0, 0.05) is 20.3 Å². The first-order valence-corrected chi connectivity index (χ1v) is 5.10. The summed E-state index contributed by atoms with van der Waals surface area (Å²) in [6, 6.07) is 4.23. The first-order valence-electron chi connectivity index (χ1n) is 4.30. The molecular weight excluding hydrogens is 267 g/mol. The van der Waals surface area contributed by atoms with Crippen molar-refractivity contribution in [1.29, 1.82) is 0 Å². The SMILES string of the molecule is COC(COc1cc(F)ccc1Br)OC. The first kappa shape index (κ1) is 12.4. The number of rotatable bonds is 5. The van der Waals surface area contributed by atoms with Gasteiger partial charge in [0.25, 0.3) is 0 Å². The Bertz CT molecular complexity index is 316. The van der Waals surface area contributed by atoms with Crippen molar-refractivity contribution in [2.45, 2.75) is 6.29 Å². The van der Waals surface area contributed by atoms with E-state index in [0.29, 0.717) is 10.2 Å².